The molecule has 1 heteroatoms. The Hall–Kier alpha value is -0.0400. The van der Waals surface area contributed by atoms with Gasteiger partial charge in [-0.3, -0.25) is 0 Å². The van der Waals surface area contributed by atoms with Gasteiger partial charge in [-0.1, -0.05) is 53.4 Å². The molecule has 0 spiro atoms. The lowest BCUT2D eigenvalue weighted by Gasteiger charge is -2.62. The minimum atomic E-state index is 0.481. The van der Waals surface area contributed by atoms with Crippen molar-refractivity contribution < 1.29 is 0 Å². The predicted octanol–water partition coefficient (Wildman–Crippen LogP) is 4.12. The summed E-state index contributed by atoms with van der Waals surface area (Å²) in [6.07, 6.45) is 9.99. The fourth-order valence-corrected chi connectivity index (χ4v) is 3.85. The molecule has 2 atom stereocenters. The van der Waals surface area contributed by atoms with Crippen LogP contribution in [-0.4, -0.2) is 11.1 Å². The normalized spacial score (nSPS) is 40.1. The first-order valence-corrected chi connectivity index (χ1v) is 7.30. The molecule has 0 aromatic heterocycles. The molecule has 1 saturated carbocycles. The van der Waals surface area contributed by atoms with Gasteiger partial charge in [0.2, 0.25) is 0 Å². The molecule has 1 N–H and O–H groups in total. The fourth-order valence-electron chi connectivity index (χ4n) is 3.85. The third kappa shape index (κ3) is 1.92. The Morgan fingerprint density at radius 3 is 1.44 bits per heavy atom. The molecule has 2 unspecified atom stereocenters. The largest absolute Gasteiger partial charge is 0.305 e. The second-order valence-corrected chi connectivity index (χ2v) is 6.84. The number of fused-ring (bicyclic) bond motifs is 5. The fraction of sp³-hybridized carbons (Fsp3) is 1.00. The summed E-state index contributed by atoms with van der Waals surface area (Å²) in [4.78, 5) is 0. The zero-order chi connectivity index (χ0) is 11.8. The Balaban J connectivity index is 2.14. The van der Waals surface area contributed by atoms with E-state index in [0.29, 0.717) is 11.1 Å². The van der Waals surface area contributed by atoms with Crippen LogP contribution in [-0.2, 0) is 0 Å². The number of hydrogen-bond donors (Lipinski definition) is 1. The van der Waals surface area contributed by atoms with E-state index in [-0.39, 0.29) is 0 Å². The molecular weight excluding hydrogens is 194 g/mol. The lowest BCUT2D eigenvalue weighted by molar-refractivity contribution is -0.0336. The van der Waals surface area contributed by atoms with Gasteiger partial charge in [0, 0.05) is 11.1 Å². The van der Waals surface area contributed by atoms with Crippen LogP contribution in [0.2, 0.25) is 0 Å². The van der Waals surface area contributed by atoms with Crippen molar-refractivity contribution >= 4 is 0 Å². The van der Waals surface area contributed by atoms with Gasteiger partial charge in [0.25, 0.3) is 0 Å². The van der Waals surface area contributed by atoms with Gasteiger partial charge in [-0.05, 0) is 31.1 Å². The molecule has 3 aliphatic rings. The maximum Gasteiger partial charge on any atom is 0.0227 e. The Morgan fingerprint density at radius 2 is 1.12 bits per heavy atom. The summed E-state index contributed by atoms with van der Waals surface area (Å²) >= 11 is 0. The van der Waals surface area contributed by atoms with Crippen molar-refractivity contribution in [1.82, 2.24) is 5.32 Å². The van der Waals surface area contributed by atoms with Crippen LogP contribution in [0.1, 0.15) is 72.6 Å². The van der Waals surface area contributed by atoms with Crippen molar-refractivity contribution in [3.05, 3.63) is 0 Å². The minimum Gasteiger partial charge on any atom is -0.305 e. The molecule has 16 heavy (non-hydrogen) atoms. The van der Waals surface area contributed by atoms with Crippen LogP contribution in [0.5, 0.6) is 0 Å². The molecule has 2 heterocycles. The summed E-state index contributed by atoms with van der Waals surface area (Å²) < 4.78 is 0. The van der Waals surface area contributed by atoms with Crippen molar-refractivity contribution in [1.29, 1.82) is 0 Å². The van der Waals surface area contributed by atoms with Crippen LogP contribution in [0, 0.1) is 11.8 Å². The molecule has 2 bridgehead atoms. The van der Waals surface area contributed by atoms with E-state index in [4.69, 9.17) is 0 Å². The monoisotopic (exact) mass is 223 g/mol. The second-order valence-electron chi connectivity index (χ2n) is 6.84. The van der Waals surface area contributed by atoms with E-state index in [1.54, 1.807) is 0 Å². The molecule has 1 nitrogen and oxygen atoms in total. The molecule has 2 saturated heterocycles. The van der Waals surface area contributed by atoms with E-state index in [1.807, 2.05) is 0 Å². The van der Waals surface area contributed by atoms with Gasteiger partial charge in [0.15, 0.2) is 0 Å². The molecular formula is C15H29N. The molecule has 0 aromatic carbocycles. The molecule has 3 rings (SSSR count). The molecule has 1 aliphatic carbocycles. The smallest absolute Gasteiger partial charge is 0.0227 e. The van der Waals surface area contributed by atoms with E-state index in [2.05, 4.69) is 33.0 Å². The average Bonchev–Trinajstić information content (AvgIpc) is 2.29. The first-order valence-electron chi connectivity index (χ1n) is 7.30. The lowest BCUT2D eigenvalue weighted by atomic mass is 9.59. The van der Waals surface area contributed by atoms with Crippen molar-refractivity contribution in [3.63, 3.8) is 0 Å². The van der Waals surface area contributed by atoms with Crippen LogP contribution in [0.15, 0.2) is 0 Å². The number of nitrogens with one attached hydrogen (secondary N) is 1. The van der Waals surface area contributed by atoms with Crippen molar-refractivity contribution in [3.8, 4) is 0 Å². The molecule has 0 aromatic rings. The summed E-state index contributed by atoms with van der Waals surface area (Å²) in [6.45, 7) is 9.59. The highest BCUT2D eigenvalue weighted by atomic mass is 15.2. The number of hydrogen-bond acceptors (Lipinski definition) is 1. The zero-order valence-corrected chi connectivity index (χ0v) is 11.6. The Kier molecular flexibility index (Phi) is 3.36. The third-order valence-corrected chi connectivity index (χ3v) is 5.33. The van der Waals surface area contributed by atoms with E-state index < -0.39 is 0 Å². The van der Waals surface area contributed by atoms with Crippen molar-refractivity contribution in [2.75, 3.05) is 0 Å². The van der Waals surface area contributed by atoms with Gasteiger partial charge in [-0.2, -0.15) is 0 Å². The quantitative estimate of drug-likeness (QED) is 0.742. The summed E-state index contributed by atoms with van der Waals surface area (Å²) in [5, 5.41) is 4.05. The van der Waals surface area contributed by atoms with Crippen LogP contribution < -0.4 is 5.32 Å². The Morgan fingerprint density at radius 1 is 0.750 bits per heavy atom. The molecule has 94 valence electrons. The Labute approximate surface area is 101 Å². The summed E-state index contributed by atoms with van der Waals surface area (Å²) in [5.74, 6) is 1.58. The van der Waals surface area contributed by atoms with E-state index >= 15 is 0 Å². The van der Waals surface area contributed by atoms with Crippen LogP contribution >= 0.6 is 0 Å². The van der Waals surface area contributed by atoms with Crippen LogP contribution in [0.3, 0.4) is 0 Å². The van der Waals surface area contributed by atoms with Crippen LogP contribution in [0.25, 0.3) is 0 Å². The maximum atomic E-state index is 4.05. The second kappa shape index (κ2) is 4.33. The summed E-state index contributed by atoms with van der Waals surface area (Å²) in [5.41, 5.74) is 0.962. The van der Waals surface area contributed by atoms with Crippen molar-refractivity contribution in [2.45, 2.75) is 83.7 Å². The molecule has 0 radical (unpaired) electrons. The zero-order valence-electron chi connectivity index (χ0n) is 11.6. The van der Waals surface area contributed by atoms with Gasteiger partial charge < -0.3 is 5.32 Å². The highest BCUT2D eigenvalue weighted by molar-refractivity contribution is 5.15. The third-order valence-electron chi connectivity index (χ3n) is 5.33. The van der Waals surface area contributed by atoms with E-state index in [9.17, 15) is 0 Å². The minimum absolute atomic E-state index is 0.481. The van der Waals surface area contributed by atoms with Gasteiger partial charge in [0.1, 0.15) is 0 Å². The SMILES string of the molecule is CC(C)C12CCCCCCC(C(C)C)(C1)N2. The topological polar surface area (TPSA) is 12.0 Å². The van der Waals surface area contributed by atoms with Crippen molar-refractivity contribution in [2.24, 2.45) is 11.8 Å². The van der Waals surface area contributed by atoms with Gasteiger partial charge in [-0.25, -0.2) is 0 Å². The van der Waals surface area contributed by atoms with Crippen LogP contribution in [0.4, 0.5) is 0 Å². The van der Waals surface area contributed by atoms with Gasteiger partial charge >= 0.3 is 0 Å². The van der Waals surface area contributed by atoms with Gasteiger partial charge in [0.05, 0.1) is 0 Å². The predicted molar refractivity (Wildman–Crippen MR) is 70.6 cm³/mol. The molecule has 2 aliphatic heterocycles. The maximum absolute atomic E-state index is 4.05. The van der Waals surface area contributed by atoms with E-state index in [0.717, 1.165) is 11.8 Å². The summed E-state index contributed by atoms with van der Waals surface area (Å²) in [7, 11) is 0. The highest BCUT2D eigenvalue weighted by Gasteiger charge is 2.55. The lowest BCUT2D eigenvalue weighted by Crippen LogP contribution is -2.75. The first-order chi connectivity index (χ1) is 7.51. The molecule has 3 fully saturated rings. The standard InChI is InChI=1S/C15H29N/c1-12(2)14-9-7-5-6-8-10-15(11-14,16-14)13(3)4/h12-13,16H,5-11H2,1-4H3. The first kappa shape index (κ1) is 12.4. The van der Waals surface area contributed by atoms with Gasteiger partial charge in [-0.15, -0.1) is 0 Å². The number of rotatable bonds is 2. The molecule has 0 amide bonds. The average molecular weight is 223 g/mol. The highest BCUT2D eigenvalue weighted by Crippen LogP contribution is 2.49. The van der Waals surface area contributed by atoms with E-state index in [1.165, 1.54) is 44.9 Å². The Bertz CT molecular complexity index is 212. The summed E-state index contributed by atoms with van der Waals surface area (Å²) in [6, 6.07) is 0.